The number of phenols is 1. The highest BCUT2D eigenvalue weighted by Gasteiger charge is 2.53. The maximum Gasteiger partial charge on any atom is 0.344 e. The minimum atomic E-state index is -1.31. The fourth-order valence-corrected chi connectivity index (χ4v) is 4.75. The summed E-state index contributed by atoms with van der Waals surface area (Å²) in [5.41, 5.74) is 6.25. The molecule has 8 nitrogen and oxygen atoms in total. The summed E-state index contributed by atoms with van der Waals surface area (Å²) in [5, 5.41) is 10.1. The van der Waals surface area contributed by atoms with Crippen molar-refractivity contribution in [2.75, 3.05) is 0 Å². The Morgan fingerprint density at radius 2 is 1.47 bits per heavy atom. The summed E-state index contributed by atoms with van der Waals surface area (Å²) in [6.07, 6.45) is 0. The predicted molar refractivity (Wildman–Crippen MR) is 126 cm³/mol. The number of ether oxygens (including phenoxy) is 3. The van der Waals surface area contributed by atoms with Gasteiger partial charge in [-0.25, -0.2) is 9.59 Å². The quantitative estimate of drug-likeness (QED) is 0.332. The van der Waals surface area contributed by atoms with Crippen LogP contribution in [0.15, 0.2) is 84.9 Å². The van der Waals surface area contributed by atoms with Gasteiger partial charge in [-0.05, 0) is 42.5 Å². The van der Waals surface area contributed by atoms with Gasteiger partial charge in [-0.3, -0.25) is 4.79 Å². The highest BCUT2D eigenvalue weighted by atomic mass is 16.6. The zero-order valence-corrected chi connectivity index (χ0v) is 18.6. The Kier molecular flexibility index (Phi) is 4.59. The Bertz CT molecular complexity index is 1610. The SMILES string of the molecule is NC(=O)c1ccccc1C(=O)Oc1ccc2c(c1)Oc1cc(O)ccc1C21OC(=O)c2ccccc21. The van der Waals surface area contributed by atoms with E-state index in [1.807, 2.05) is 6.07 Å². The number of esters is 2. The Hall–Kier alpha value is -5.11. The van der Waals surface area contributed by atoms with Crippen molar-refractivity contribution in [1.82, 2.24) is 0 Å². The van der Waals surface area contributed by atoms with Crippen molar-refractivity contribution in [3.05, 3.63) is 118 Å². The van der Waals surface area contributed by atoms with Crippen molar-refractivity contribution >= 4 is 17.8 Å². The topological polar surface area (TPSA) is 125 Å². The van der Waals surface area contributed by atoms with Gasteiger partial charge in [0.25, 0.3) is 0 Å². The fourth-order valence-electron chi connectivity index (χ4n) is 4.75. The second-order valence-corrected chi connectivity index (χ2v) is 8.36. The number of aromatic hydroxyl groups is 1. The number of carbonyl (C=O) groups is 3. The van der Waals surface area contributed by atoms with Gasteiger partial charge in [0.2, 0.25) is 5.91 Å². The largest absolute Gasteiger partial charge is 0.508 e. The zero-order chi connectivity index (χ0) is 25.0. The second-order valence-electron chi connectivity index (χ2n) is 8.36. The van der Waals surface area contributed by atoms with Crippen LogP contribution in [0, 0.1) is 0 Å². The average molecular weight is 479 g/mol. The van der Waals surface area contributed by atoms with E-state index in [1.54, 1.807) is 48.5 Å². The van der Waals surface area contributed by atoms with Gasteiger partial charge in [-0.2, -0.15) is 0 Å². The molecule has 0 fully saturated rings. The molecule has 2 aliphatic rings. The summed E-state index contributed by atoms with van der Waals surface area (Å²) < 4.78 is 17.6. The molecule has 0 bridgehead atoms. The first-order valence-electron chi connectivity index (χ1n) is 11.0. The van der Waals surface area contributed by atoms with Gasteiger partial charge in [0, 0.05) is 28.8 Å². The van der Waals surface area contributed by atoms with Crippen LogP contribution < -0.4 is 15.2 Å². The molecule has 0 saturated carbocycles. The average Bonchev–Trinajstić information content (AvgIpc) is 3.16. The van der Waals surface area contributed by atoms with Crippen molar-refractivity contribution in [2.45, 2.75) is 5.60 Å². The molecule has 0 saturated heterocycles. The molecule has 1 amide bonds. The molecule has 0 aliphatic carbocycles. The molecule has 2 aliphatic heterocycles. The number of primary amides is 1. The first-order chi connectivity index (χ1) is 17.4. The number of phenolic OH excluding ortho intramolecular Hbond substituents is 1. The van der Waals surface area contributed by atoms with Gasteiger partial charge in [0.1, 0.15) is 23.0 Å². The van der Waals surface area contributed by atoms with Crippen LogP contribution in [0.3, 0.4) is 0 Å². The van der Waals surface area contributed by atoms with Crippen molar-refractivity contribution in [3.8, 4) is 23.0 Å². The molecule has 3 N–H and O–H groups in total. The normalized spacial score (nSPS) is 16.8. The van der Waals surface area contributed by atoms with Crippen LogP contribution in [0.2, 0.25) is 0 Å². The molecule has 176 valence electrons. The molecule has 2 heterocycles. The standard InChI is InChI=1S/C28H17NO7/c29-25(31)17-5-1-2-6-18(17)26(32)34-16-10-12-22-24(14-16)35-23-13-15(30)9-11-21(23)28(22)20-8-4-3-7-19(20)27(33)36-28/h1-14,30H,(H2,29,31). The van der Waals surface area contributed by atoms with Gasteiger partial charge < -0.3 is 25.1 Å². The number of hydrogen-bond donors (Lipinski definition) is 2. The minimum Gasteiger partial charge on any atom is -0.508 e. The third-order valence-corrected chi connectivity index (χ3v) is 6.29. The van der Waals surface area contributed by atoms with Gasteiger partial charge >= 0.3 is 11.9 Å². The molecule has 6 rings (SSSR count). The van der Waals surface area contributed by atoms with Crippen molar-refractivity contribution in [1.29, 1.82) is 0 Å². The summed E-state index contributed by atoms with van der Waals surface area (Å²) in [6.45, 7) is 0. The highest BCUT2D eigenvalue weighted by molar-refractivity contribution is 6.05. The van der Waals surface area contributed by atoms with Crippen LogP contribution in [0.25, 0.3) is 0 Å². The highest BCUT2D eigenvalue weighted by Crippen LogP contribution is 2.56. The van der Waals surface area contributed by atoms with Crippen molar-refractivity contribution < 1.29 is 33.7 Å². The first kappa shape index (κ1) is 21.4. The number of benzene rings is 4. The third kappa shape index (κ3) is 3.05. The van der Waals surface area contributed by atoms with Crippen LogP contribution in [0.1, 0.15) is 47.8 Å². The molecule has 1 unspecified atom stereocenters. The Morgan fingerprint density at radius 3 is 2.25 bits per heavy atom. The third-order valence-electron chi connectivity index (χ3n) is 6.29. The Morgan fingerprint density at radius 1 is 0.806 bits per heavy atom. The van der Waals surface area contributed by atoms with E-state index in [0.29, 0.717) is 22.3 Å². The lowest BCUT2D eigenvalue weighted by molar-refractivity contribution is 0.0224. The van der Waals surface area contributed by atoms with E-state index in [9.17, 15) is 19.5 Å². The maximum atomic E-state index is 12.9. The molecule has 0 radical (unpaired) electrons. The fraction of sp³-hybridized carbons (Fsp3) is 0.0357. The van der Waals surface area contributed by atoms with E-state index in [0.717, 1.165) is 0 Å². The van der Waals surface area contributed by atoms with E-state index in [-0.39, 0.29) is 34.1 Å². The zero-order valence-electron chi connectivity index (χ0n) is 18.6. The molecule has 4 aromatic rings. The van der Waals surface area contributed by atoms with Crippen LogP contribution in [-0.2, 0) is 10.3 Å². The van der Waals surface area contributed by atoms with Gasteiger partial charge in [0.05, 0.1) is 16.7 Å². The summed E-state index contributed by atoms with van der Waals surface area (Å²) >= 11 is 0. The van der Waals surface area contributed by atoms with Crippen LogP contribution in [0.5, 0.6) is 23.0 Å². The summed E-state index contributed by atoms with van der Waals surface area (Å²) in [7, 11) is 0. The monoisotopic (exact) mass is 479 g/mol. The number of rotatable bonds is 3. The van der Waals surface area contributed by atoms with Gasteiger partial charge in [-0.15, -0.1) is 0 Å². The molecule has 0 aromatic heterocycles. The molecule has 4 aromatic carbocycles. The Labute approximate surface area is 204 Å². The number of fused-ring (bicyclic) bond motifs is 6. The molecular formula is C28H17NO7. The van der Waals surface area contributed by atoms with E-state index < -0.39 is 23.4 Å². The summed E-state index contributed by atoms with van der Waals surface area (Å²) in [6, 6.07) is 22.4. The number of carbonyl (C=O) groups excluding carboxylic acids is 3. The summed E-state index contributed by atoms with van der Waals surface area (Å²) in [5.74, 6) is -1.36. The smallest absolute Gasteiger partial charge is 0.344 e. The van der Waals surface area contributed by atoms with Crippen LogP contribution in [-0.4, -0.2) is 23.0 Å². The minimum absolute atomic E-state index is 0.0222. The Balaban J connectivity index is 1.47. The molecule has 1 atom stereocenters. The lowest BCUT2D eigenvalue weighted by atomic mass is 9.77. The lowest BCUT2D eigenvalue weighted by Gasteiger charge is -2.36. The lowest BCUT2D eigenvalue weighted by Crippen LogP contribution is -2.33. The van der Waals surface area contributed by atoms with E-state index in [2.05, 4.69) is 0 Å². The van der Waals surface area contributed by atoms with Gasteiger partial charge in [0.15, 0.2) is 5.60 Å². The van der Waals surface area contributed by atoms with Crippen molar-refractivity contribution in [2.24, 2.45) is 5.73 Å². The first-order valence-corrected chi connectivity index (χ1v) is 11.0. The maximum absolute atomic E-state index is 12.9. The van der Waals surface area contributed by atoms with Crippen LogP contribution in [0.4, 0.5) is 0 Å². The number of amides is 1. The molecule has 1 spiro atoms. The molecule has 8 heteroatoms. The van der Waals surface area contributed by atoms with E-state index in [4.69, 9.17) is 19.9 Å². The van der Waals surface area contributed by atoms with E-state index in [1.165, 1.54) is 30.3 Å². The van der Waals surface area contributed by atoms with Crippen molar-refractivity contribution in [3.63, 3.8) is 0 Å². The molecule has 36 heavy (non-hydrogen) atoms. The predicted octanol–water partition coefficient (Wildman–Crippen LogP) is 4.28. The van der Waals surface area contributed by atoms with Crippen LogP contribution >= 0.6 is 0 Å². The molecular weight excluding hydrogens is 462 g/mol. The second kappa shape index (κ2) is 7.71. The summed E-state index contributed by atoms with van der Waals surface area (Å²) in [4.78, 5) is 37.4. The number of hydrogen-bond acceptors (Lipinski definition) is 7. The van der Waals surface area contributed by atoms with Gasteiger partial charge in [-0.1, -0.05) is 30.3 Å². The number of nitrogens with two attached hydrogens (primary N) is 1. The van der Waals surface area contributed by atoms with E-state index >= 15 is 0 Å².